The summed E-state index contributed by atoms with van der Waals surface area (Å²) in [7, 11) is 0. The molecule has 0 radical (unpaired) electrons. The second-order valence-corrected chi connectivity index (χ2v) is 6.57. The zero-order valence-electron chi connectivity index (χ0n) is 15.0. The molecule has 2 heterocycles. The Bertz CT molecular complexity index is 794. The molecule has 144 valence electrons. The molecule has 0 spiro atoms. The highest BCUT2D eigenvalue weighted by molar-refractivity contribution is 6.06. The molecule has 27 heavy (non-hydrogen) atoms. The van der Waals surface area contributed by atoms with Gasteiger partial charge in [-0.3, -0.25) is 24.5 Å². The van der Waals surface area contributed by atoms with Crippen LogP contribution >= 0.6 is 0 Å². The monoisotopic (exact) mass is 374 g/mol. The molecule has 9 heteroatoms. The quantitative estimate of drug-likeness (QED) is 0.446. The molecular weight excluding hydrogens is 352 g/mol. The lowest BCUT2D eigenvalue weighted by atomic mass is 10.0. The number of amides is 4. The molecule has 3 rings (SSSR count). The van der Waals surface area contributed by atoms with Gasteiger partial charge in [0, 0.05) is 36.3 Å². The zero-order valence-corrected chi connectivity index (χ0v) is 15.0. The van der Waals surface area contributed by atoms with Gasteiger partial charge in [-0.15, -0.1) is 0 Å². The van der Waals surface area contributed by atoms with Crippen molar-refractivity contribution in [1.82, 2.24) is 10.2 Å². The van der Waals surface area contributed by atoms with Crippen molar-refractivity contribution in [2.45, 2.75) is 38.5 Å². The number of benzene rings is 1. The summed E-state index contributed by atoms with van der Waals surface area (Å²) < 4.78 is 5.31. The van der Waals surface area contributed by atoms with Gasteiger partial charge in [-0.1, -0.05) is 6.07 Å². The third kappa shape index (κ3) is 3.92. The van der Waals surface area contributed by atoms with Crippen LogP contribution in [0.15, 0.2) is 18.2 Å². The molecule has 4 amide bonds. The highest BCUT2D eigenvalue weighted by atomic mass is 16.5. The number of fused-ring (bicyclic) bond motifs is 1. The van der Waals surface area contributed by atoms with E-state index in [0.717, 1.165) is 11.3 Å². The van der Waals surface area contributed by atoms with Crippen molar-refractivity contribution in [1.29, 1.82) is 0 Å². The topological polar surface area (TPSA) is 131 Å². The van der Waals surface area contributed by atoms with Crippen LogP contribution in [0.3, 0.4) is 0 Å². The van der Waals surface area contributed by atoms with Gasteiger partial charge in [-0.2, -0.15) is 0 Å². The Labute approximate surface area is 156 Å². The molecule has 1 fully saturated rings. The summed E-state index contributed by atoms with van der Waals surface area (Å²) in [5.74, 6) is -1.49. The molecule has 2 aliphatic rings. The largest absolute Gasteiger partial charge is 0.382 e. The van der Waals surface area contributed by atoms with Crippen LogP contribution in [0.5, 0.6) is 0 Å². The maximum atomic E-state index is 12.7. The molecule has 1 aromatic carbocycles. The number of rotatable bonds is 7. The molecule has 0 bridgehead atoms. The van der Waals surface area contributed by atoms with E-state index in [4.69, 9.17) is 10.5 Å². The summed E-state index contributed by atoms with van der Waals surface area (Å²) in [4.78, 5) is 48.6. The van der Waals surface area contributed by atoms with Gasteiger partial charge in [-0.25, -0.2) is 0 Å². The summed E-state index contributed by atoms with van der Waals surface area (Å²) in [6.07, 6.45) is -0.124. The number of hydrogen-bond acceptors (Lipinski definition) is 6. The fraction of sp³-hybridized carbons (Fsp3) is 0.444. The van der Waals surface area contributed by atoms with Crippen LogP contribution < -0.4 is 16.4 Å². The maximum absolute atomic E-state index is 12.7. The number of piperidine rings is 1. The van der Waals surface area contributed by atoms with Gasteiger partial charge in [0.25, 0.3) is 5.91 Å². The van der Waals surface area contributed by atoms with Crippen LogP contribution in [-0.2, 0) is 25.7 Å². The van der Waals surface area contributed by atoms with Gasteiger partial charge in [0.1, 0.15) is 12.1 Å². The van der Waals surface area contributed by atoms with Gasteiger partial charge in [0.2, 0.25) is 17.7 Å². The van der Waals surface area contributed by atoms with E-state index < -0.39 is 24.0 Å². The smallest absolute Gasteiger partial charge is 0.255 e. The summed E-state index contributed by atoms with van der Waals surface area (Å²) in [5, 5.41) is 5.48. The number of primary amides is 1. The molecule has 0 aliphatic carbocycles. The van der Waals surface area contributed by atoms with Crippen molar-refractivity contribution in [2.24, 2.45) is 5.73 Å². The van der Waals surface area contributed by atoms with Crippen molar-refractivity contribution in [2.75, 3.05) is 18.5 Å². The SMILES string of the molecule is CC(OCCNc1cccc2c1CN(C1CCC(=O)NC1=O)C2=O)C(N)=O. The maximum Gasteiger partial charge on any atom is 0.255 e. The molecule has 1 saturated heterocycles. The number of nitrogens with two attached hydrogens (primary N) is 1. The lowest BCUT2D eigenvalue weighted by Crippen LogP contribution is -2.52. The Balaban J connectivity index is 1.66. The zero-order chi connectivity index (χ0) is 19.6. The van der Waals surface area contributed by atoms with E-state index in [9.17, 15) is 19.2 Å². The molecule has 0 saturated carbocycles. The number of anilines is 1. The summed E-state index contributed by atoms with van der Waals surface area (Å²) in [6, 6.07) is 4.69. The molecule has 2 aliphatic heterocycles. The fourth-order valence-electron chi connectivity index (χ4n) is 3.25. The third-order valence-corrected chi connectivity index (χ3v) is 4.77. The molecule has 4 N–H and O–H groups in total. The molecular formula is C18H22N4O5. The van der Waals surface area contributed by atoms with Crippen LogP contribution in [0.25, 0.3) is 0 Å². The Morgan fingerprint density at radius 3 is 2.89 bits per heavy atom. The molecule has 1 aromatic rings. The number of carbonyl (C=O) groups excluding carboxylic acids is 4. The average molecular weight is 374 g/mol. The highest BCUT2D eigenvalue weighted by Gasteiger charge is 2.39. The summed E-state index contributed by atoms with van der Waals surface area (Å²) in [6.45, 7) is 2.58. The Morgan fingerprint density at radius 1 is 1.41 bits per heavy atom. The van der Waals surface area contributed by atoms with E-state index in [0.29, 0.717) is 25.1 Å². The minimum atomic E-state index is -0.669. The van der Waals surface area contributed by atoms with Crippen molar-refractivity contribution >= 4 is 29.3 Å². The number of ether oxygens (including phenoxy) is 1. The Morgan fingerprint density at radius 2 is 2.19 bits per heavy atom. The second kappa shape index (κ2) is 7.75. The van der Waals surface area contributed by atoms with Crippen molar-refractivity contribution < 1.29 is 23.9 Å². The van der Waals surface area contributed by atoms with Crippen LogP contribution in [0.4, 0.5) is 5.69 Å². The van der Waals surface area contributed by atoms with E-state index in [1.807, 2.05) is 6.07 Å². The van der Waals surface area contributed by atoms with E-state index in [2.05, 4.69) is 10.6 Å². The van der Waals surface area contributed by atoms with E-state index in [1.165, 1.54) is 4.90 Å². The summed E-state index contributed by atoms with van der Waals surface area (Å²) in [5.41, 5.74) is 7.25. The lowest BCUT2D eigenvalue weighted by molar-refractivity contribution is -0.137. The number of nitrogens with one attached hydrogen (secondary N) is 2. The van der Waals surface area contributed by atoms with E-state index in [1.54, 1.807) is 19.1 Å². The third-order valence-electron chi connectivity index (χ3n) is 4.77. The minimum Gasteiger partial charge on any atom is -0.382 e. The lowest BCUT2D eigenvalue weighted by Gasteiger charge is -2.29. The molecule has 0 aromatic heterocycles. The van der Waals surface area contributed by atoms with Gasteiger partial charge in [0.15, 0.2) is 0 Å². The summed E-state index contributed by atoms with van der Waals surface area (Å²) >= 11 is 0. The van der Waals surface area contributed by atoms with Crippen LogP contribution in [0, 0.1) is 0 Å². The second-order valence-electron chi connectivity index (χ2n) is 6.57. The first-order valence-electron chi connectivity index (χ1n) is 8.80. The minimum absolute atomic E-state index is 0.219. The first-order chi connectivity index (χ1) is 12.9. The van der Waals surface area contributed by atoms with Crippen molar-refractivity contribution in [3.05, 3.63) is 29.3 Å². The van der Waals surface area contributed by atoms with Crippen LogP contribution in [0.2, 0.25) is 0 Å². The normalized spacial score (nSPS) is 20.3. The van der Waals surface area contributed by atoms with Gasteiger partial charge in [0.05, 0.1) is 6.61 Å². The predicted molar refractivity (Wildman–Crippen MR) is 95.6 cm³/mol. The molecule has 2 atom stereocenters. The van der Waals surface area contributed by atoms with E-state index >= 15 is 0 Å². The van der Waals surface area contributed by atoms with Crippen molar-refractivity contribution in [3.8, 4) is 0 Å². The van der Waals surface area contributed by atoms with E-state index in [-0.39, 0.29) is 24.8 Å². The van der Waals surface area contributed by atoms with Gasteiger partial charge in [-0.05, 0) is 25.5 Å². The standard InChI is InChI=1S/C18H22N4O5/c1-10(16(19)24)27-8-7-20-13-4-2-3-11-12(13)9-22(18(11)26)14-5-6-15(23)21-17(14)25/h2-4,10,14,20H,5-9H2,1H3,(H2,19,24)(H,21,23,25). The van der Waals surface area contributed by atoms with Crippen molar-refractivity contribution in [3.63, 3.8) is 0 Å². The molecule has 2 unspecified atom stereocenters. The van der Waals surface area contributed by atoms with Crippen LogP contribution in [0.1, 0.15) is 35.7 Å². The fourth-order valence-corrected chi connectivity index (χ4v) is 3.25. The average Bonchev–Trinajstić information content (AvgIpc) is 2.96. The van der Waals surface area contributed by atoms with Crippen LogP contribution in [-0.4, -0.2) is 53.8 Å². The first-order valence-corrected chi connectivity index (χ1v) is 8.80. The van der Waals surface area contributed by atoms with Gasteiger partial charge >= 0.3 is 0 Å². The number of imide groups is 1. The number of carbonyl (C=O) groups is 4. The predicted octanol–water partition coefficient (Wildman–Crippen LogP) is -0.250. The first kappa shape index (κ1) is 18.8. The Hall–Kier alpha value is -2.94. The number of nitrogens with zero attached hydrogens (tertiary/aromatic N) is 1. The highest BCUT2D eigenvalue weighted by Crippen LogP contribution is 2.32. The Kier molecular flexibility index (Phi) is 5.41. The number of hydrogen-bond donors (Lipinski definition) is 3. The van der Waals surface area contributed by atoms with Gasteiger partial charge < -0.3 is 20.7 Å². The molecule has 9 nitrogen and oxygen atoms in total.